The van der Waals surface area contributed by atoms with Gasteiger partial charge in [0.25, 0.3) is 0 Å². The highest BCUT2D eigenvalue weighted by Gasteiger charge is 2.30. The molecule has 2 rings (SSSR count). The predicted molar refractivity (Wildman–Crippen MR) is 65.9 cm³/mol. The van der Waals surface area contributed by atoms with Crippen molar-refractivity contribution in [1.29, 1.82) is 0 Å². The summed E-state index contributed by atoms with van der Waals surface area (Å²) in [7, 11) is 0. The molecule has 16 heavy (non-hydrogen) atoms. The number of nitrogens with one attached hydrogen (secondary N) is 1. The molecule has 1 saturated heterocycles. The summed E-state index contributed by atoms with van der Waals surface area (Å²) in [5.74, 6) is 0.169. The Morgan fingerprint density at radius 1 is 1.69 bits per heavy atom. The molecule has 5 heteroatoms. The Kier molecular flexibility index (Phi) is 3.56. The maximum absolute atomic E-state index is 12.2. The highest BCUT2D eigenvalue weighted by Crippen LogP contribution is 2.24. The van der Waals surface area contributed by atoms with Gasteiger partial charge in [0.15, 0.2) is 5.13 Å². The zero-order valence-electron chi connectivity index (χ0n) is 9.69. The van der Waals surface area contributed by atoms with Crippen molar-refractivity contribution in [2.24, 2.45) is 0 Å². The van der Waals surface area contributed by atoms with Crippen molar-refractivity contribution in [3.05, 3.63) is 11.1 Å². The van der Waals surface area contributed by atoms with Crippen LogP contribution in [0.4, 0.5) is 5.13 Å². The van der Waals surface area contributed by atoms with Gasteiger partial charge in [0.2, 0.25) is 5.91 Å². The van der Waals surface area contributed by atoms with E-state index in [-0.39, 0.29) is 11.9 Å². The second-order valence-electron chi connectivity index (χ2n) is 4.01. The molecule has 1 aromatic heterocycles. The standard InChI is InChI=1S/C11H17N3OS/c1-3-12-9-5-4-6-14(10(9)15)11-13-8(2)7-16-11/h7,9,12H,3-6H2,1-2H3. The molecular formula is C11H17N3OS. The number of aryl methyl sites for hydroxylation is 1. The Bertz CT molecular complexity index is 375. The molecule has 0 aromatic carbocycles. The van der Waals surface area contributed by atoms with Gasteiger partial charge in [-0.2, -0.15) is 0 Å². The van der Waals surface area contributed by atoms with E-state index in [1.54, 1.807) is 11.3 Å². The smallest absolute Gasteiger partial charge is 0.245 e. The van der Waals surface area contributed by atoms with Crippen LogP contribution in [0.15, 0.2) is 5.38 Å². The SMILES string of the molecule is CCNC1CCCN(c2nc(C)cs2)C1=O. The molecule has 1 amide bonds. The van der Waals surface area contributed by atoms with Crippen molar-refractivity contribution in [2.75, 3.05) is 18.0 Å². The first-order valence-corrected chi connectivity index (χ1v) is 6.57. The number of carbonyl (C=O) groups excluding carboxylic acids is 1. The number of likely N-dealkylation sites (N-methyl/N-ethyl adjacent to an activating group) is 1. The third kappa shape index (κ3) is 2.25. The summed E-state index contributed by atoms with van der Waals surface area (Å²) < 4.78 is 0. The number of aromatic nitrogens is 1. The Labute approximate surface area is 99.7 Å². The molecule has 1 unspecified atom stereocenters. The van der Waals surface area contributed by atoms with Gasteiger partial charge in [0.1, 0.15) is 0 Å². The Morgan fingerprint density at radius 2 is 2.50 bits per heavy atom. The Morgan fingerprint density at radius 3 is 3.12 bits per heavy atom. The summed E-state index contributed by atoms with van der Waals surface area (Å²) in [5, 5.41) is 6.05. The first-order chi connectivity index (χ1) is 7.72. The molecule has 0 spiro atoms. The first-order valence-electron chi connectivity index (χ1n) is 5.69. The summed E-state index contributed by atoms with van der Waals surface area (Å²) in [5.41, 5.74) is 0.985. The number of rotatable bonds is 3. The summed E-state index contributed by atoms with van der Waals surface area (Å²) in [6.07, 6.45) is 1.98. The van der Waals surface area contributed by atoms with Gasteiger partial charge < -0.3 is 5.32 Å². The zero-order valence-corrected chi connectivity index (χ0v) is 10.5. The van der Waals surface area contributed by atoms with Crippen LogP contribution in [0.1, 0.15) is 25.5 Å². The molecule has 1 N–H and O–H groups in total. The van der Waals surface area contributed by atoms with E-state index in [4.69, 9.17) is 0 Å². The lowest BCUT2D eigenvalue weighted by molar-refractivity contribution is -0.121. The summed E-state index contributed by atoms with van der Waals surface area (Å²) in [6.45, 7) is 5.62. The lowest BCUT2D eigenvalue weighted by atomic mass is 10.1. The Balaban J connectivity index is 2.12. The monoisotopic (exact) mass is 239 g/mol. The molecule has 4 nitrogen and oxygen atoms in total. The van der Waals surface area contributed by atoms with Crippen molar-refractivity contribution in [2.45, 2.75) is 32.7 Å². The molecule has 1 aliphatic rings. The number of nitrogens with zero attached hydrogens (tertiary/aromatic N) is 2. The van der Waals surface area contributed by atoms with Gasteiger partial charge in [-0.15, -0.1) is 11.3 Å². The van der Waals surface area contributed by atoms with E-state index in [0.717, 1.165) is 36.8 Å². The van der Waals surface area contributed by atoms with Crippen LogP contribution < -0.4 is 10.2 Å². The quantitative estimate of drug-likeness (QED) is 0.870. The zero-order chi connectivity index (χ0) is 11.5. The summed E-state index contributed by atoms with van der Waals surface area (Å²) in [4.78, 5) is 18.3. The molecule has 0 bridgehead atoms. The third-order valence-electron chi connectivity index (χ3n) is 2.73. The normalized spacial score (nSPS) is 21.5. The number of hydrogen-bond acceptors (Lipinski definition) is 4. The van der Waals surface area contributed by atoms with Crippen molar-refractivity contribution < 1.29 is 4.79 Å². The molecule has 0 radical (unpaired) electrons. The second kappa shape index (κ2) is 4.93. The summed E-state index contributed by atoms with van der Waals surface area (Å²) >= 11 is 1.55. The molecule has 0 saturated carbocycles. The lowest BCUT2D eigenvalue weighted by Gasteiger charge is -2.30. The molecule has 1 aromatic rings. The van der Waals surface area contributed by atoms with Gasteiger partial charge in [0, 0.05) is 11.9 Å². The highest BCUT2D eigenvalue weighted by atomic mass is 32.1. The predicted octanol–water partition coefficient (Wildman–Crippen LogP) is 1.56. The number of thiazole rings is 1. The van der Waals surface area contributed by atoms with Crippen molar-refractivity contribution in [3.8, 4) is 0 Å². The minimum Gasteiger partial charge on any atom is -0.306 e. The number of piperidine rings is 1. The highest BCUT2D eigenvalue weighted by molar-refractivity contribution is 7.14. The van der Waals surface area contributed by atoms with E-state index in [2.05, 4.69) is 10.3 Å². The van der Waals surface area contributed by atoms with Crippen molar-refractivity contribution >= 4 is 22.4 Å². The van der Waals surface area contributed by atoms with Crippen LogP contribution in [-0.4, -0.2) is 30.0 Å². The summed E-state index contributed by atoms with van der Waals surface area (Å²) in [6, 6.07) is -0.0250. The fourth-order valence-electron chi connectivity index (χ4n) is 1.97. The third-order valence-corrected chi connectivity index (χ3v) is 3.71. The van der Waals surface area contributed by atoms with Gasteiger partial charge in [-0.25, -0.2) is 4.98 Å². The second-order valence-corrected chi connectivity index (χ2v) is 4.85. The fourth-order valence-corrected chi connectivity index (χ4v) is 2.80. The van der Waals surface area contributed by atoms with Crippen LogP contribution in [0.3, 0.4) is 0 Å². The van der Waals surface area contributed by atoms with Crippen molar-refractivity contribution in [3.63, 3.8) is 0 Å². The number of hydrogen-bond donors (Lipinski definition) is 1. The van der Waals surface area contributed by atoms with Gasteiger partial charge in [-0.3, -0.25) is 9.69 Å². The minimum atomic E-state index is -0.0250. The first kappa shape index (κ1) is 11.5. The minimum absolute atomic E-state index is 0.0250. The van der Waals surface area contributed by atoms with Crippen LogP contribution in [0.5, 0.6) is 0 Å². The van der Waals surface area contributed by atoms with Gasteiger partial charge in [-0.05, 0) is 26.3 Å². The van der Waals surface area contributed by atoms with Crippen LogP contribution in [0.25, 0.3) is 0 Å². The molecular weight excluding hydrogens is 222 g/mol. The van der Waals surface area contributed by atoms with E-state index in [0.29, 0.717) is 0 Å². The maximum Gasteiger partial charge on any atom is 0.245 e. The number of carbonyl (C=O) groups is 1. The molecule has 88 valence electrons. The van der Waals surface area contributed by atoms with Gasteiger partial charge in [0.05, 0.1) is 11.7 Å². The molecule has 1 fully saturated rings. The van der Waals surface area contributed by atoms with Gasteiger partial charge in [-0.1, -0.05) is 6.92 Å². The molecule has 0 aliphatic carbocycles. The lowest BCUT2D eigenvalue weighted by Crippen LogP contribution is -2.50. The fraction of sp³-hybridized carbons (Fsp3) is 0.636. The molecule has 1 atom stereocenters. The number of amides is 1. The number of anilines is 1. The van der Waals surface area contributed by atoms with E-state index in [1.165, 1.54) is 0 Å². The van der Waals surface area contributed by atoms with Crippen LogP contribution in [0.2, 0.25) is 0 Å². The van der Waals surface area contributed by atoms with E-state index in [9.17, 15) is 4.79 Å². The van der Waals surface area contributed by atoms with Crippen LogP contribution >= 0.6 is 11.3 Å². The van der Waals surface area contributed by atoms with Crippen molar-refractivity contribution in [1.82, 2.24) is 10.3 Å². The van der Waals surface area contributed by atoms with Crippen LogP contribution in [-0.2, 0) is 4.79 Å². The van der Waals surface area contributed by atoms with Gasteiger partial charge >= 0.3 is 0 Å². The Hall–Kier alpha value is -0.940. The molecule has 2 heterocycles. The largest absolute Gasteiger partial charge is 0.306 e. The average Bonchev–Trinajstić information content (AvgIpc) is 2.68. The van der Waals surface area contributed by atoms with E-state index < -0.39 is 0 Å². The van der Waals surface area contributed by atoms with E-state index in [1.807, 2.05) is 24.1 Å². The average molecular weight is 239 g/mol. The topological polar surface area (TPSA) is 45.2 Å². The maximum atomic E-state index is 12.2. The molecule has 1 aliphatic heterocycles. The van der Waals surface area contributed by atoms with E-state index >= 15 is 0 Å². The van der Waals surface area contributed by atoms with Crippen LogP contribution in [0, 0.1) is 6.92 Å².